The molecule has 0 aliphatic rings. The van der Waals surface area contributed by atoms with Crippen LogP contribution in [0.15, 0.2) is 42.6 Å². The van der Waals surface area contributed by atoms with Crippen LogP contribution in [0.4, 0.5) is 5.69 Å². The van der Waals surface area contributed by atoms with E-state index in [0.717, 1.165) is 24.1 Å². The highest BCUT2D eigenvalue weighted by molar-refractivity contribution is 5.35. The summed E-state index contributed by atoms with van der Waals surface area (Å²) in [6.45, 7) is 2.68. The molecule has 6 heteroatoms. The number of rotatable bonds is 7. The molecule has 1 heterocycles. The summed E-state index contributed by atoms with van der Waals surface area (Å²) in [5.74, 6) is 0. The Bertz CT molecular complexity index is 589. The minimum absolute atomic E-state index is 0.0666. The lowest BCUT2D eigenvalue weighted by molar-refractivity contribution is -0.384. The van der Waals surface area contributed by atoms with Crippen LogP contribution in [0.25, 0.3) is 0 Å². The van der Waals surface area contributed by atoms with Crippen molar-refractivity contribution in [2.45, 2.75) is 32.4 Å². The lowest BCUT2D eigenvalue weighted by Crippen LogP contribution is -2.21. The Morgan fingerprint density at radius 1 is 1.33 bits per heavy atom. The van der Waals surface area contributed by atoms with E-state index in [2.05, 4.69) is 22.4 Å². The fourth-order valence-electron chi connectivity index (χ4n) is 2.19. The summed E-state index contributed by atoms with van der Waals surface area (Å²) < 4.78 is 0. The molecule has 0 amide bonds. The van der Waals surface area contributed by atoms with Gasteiger partial charge in [-0.05, 0) is 24.1 Å². The van der Waals surface area contributed by atoms with Gasteiger partial charge in [0.25, 0.3) is 5.69 Å². The summed E-state index contributed by atoms with van der Waals surface area (Å²) in [4.78, 5) is 10.5. The normalized spacial score (nSPS) is 12.0. The number of hydrogen-bond donors (Lipinski definition) is 1. The average Bonchev–Trinajstić information content (AvgIpc) is 2.52. The molecule has 6 nitrogen and oxygen atoms in total. The molecular weight excluding hydrogens is 268 g/mol. The van der Waals surface area contributed by atoms with Crippen molar-refractivity contribution in [2.75, 3.05) is 0 Å². The van der Waals surface area contributed by atoms with E-state index in [1.54, 1.807) is 18.3 Å². The van der Waals surface area contributed by atoms with Crippen LogP contribution in [0.5, 0.6) is 0 Å². The molecule has 0 aliphatic heterocycles. The minimum Gasteiger partial charge on any atom is -0.304 e. The monoisotopic (exact) mass is 286 g/mol. The molecule has 2 rings (SSSR count). The number of nitro benzene ring substituents is 1. The number of non-ortho nitro benzene ring substituents is 1. The highest BCUT2D eigenvalue weighted by Gasteiger charge is 2.14. The zero-order chi connectivity index (χ0) is 15.1. The van der Waals surface area contributed by atoms with Crippen LogP contribution in [0.2, 0.25) is 0 Å². The van der Waals surface area contributed by atoms with Crippen LogP contribution in [0, 0.1) is 10.1 Å². The first kappa shape index (κ1) is 15.1. The third-order valence-electron chi connectivity index (χ3n) is 3.22. The van der Waals surface area contributed by atoms with Crippen molar-refractivity contribution < 1.29 is 4.92 Å². The standard InChI is InChI=1S/C15H18N4O2/c1-2-5-15(16-11-13-7-4-9-17-18-13)12-6-3-8-14(10-12)19(20)21/h3-4,6-10,15-16H,2,5,11H2,1H3. The second-order valence-corrected chi connectivity index (χ2v) is 4.79. The second-order valence-electron chi connectivity index (χ2n) is 4.79. The Labute approximate surface area is 123 Å². The number of nitro groups is 1. The van der Waals surface area contributed by atoms with E-state index >= 15 is 0 Å². The first-order chi connectivity index (χ1) is 10.2. The molecule has 1 aromatic carbocycles. The van der Waals surface area contributed by atoms with Crippen LogP contribution >= 0.6 is 0 Å². The van der Waals surface area contributed by atoms with Crippen molar-refractivity contribution >= 4 is 5.69 Å². The molecule has 1 unspecified atom stereocenters. The van der Waals surface area contributed by atoms with Crippen molar-refractivity contribution in [1.29, 1.82) is 0 Å². The summed E-state index contributed by atoms with van der Waals surface area (Å²) in [5.41, 5.74) is 1.90. The Morgan fingerprint density at radius 2 is 2.19 bits per heavy atom. The molecule has 0 spiro atoms. The first-order valence-electron chi connectivity index (χ1n) is 6.95. The molecule has 0 saturated carbocycles. The number of hydrogen-bond acceptors (Lipinski definition) is 5. The van der Waals surface area contributed by atoms with Crippen molar-refractivity contribution in [3.8, 4) is 0 Å². The summed E-state index contributed by atoms with van der Waals surface area (Å²) in [6.07, 6.45) is 3.52. The van der Waals surface area contributed by atoms with Crippen molar-refractivity contribution in [3.63, 3.8) is 0 Å². The summed E-state index contributed by atoms with van der Waals surface area (Å²) in [5, 5.41) is 22.1. The maximum atomic E-state index is 10.9. The molecule has 0 aliphatic carbocycles. The number of benzene rings is 1. The zero-order valence-electron chi connectivity index (χ0n) is 11.9. The zero-order valence-corrected chi connectivity index (χ0v) is 11.9. The Morgan fingerprint density at radius 3 is 2.86 bits per heavy atom. The number of nitrogens with one attached hydrogen (secondary N) is 1. The topological polar surface area (TPSA) is 81.0 Å². The van der Waals surface area contributed by atoms with E-state index in [4.69, 9.17) is 0 Å². The molecule has 0 fully saturated rings. The van der Waals surface area contributed by atoms with Gasteiger partial charge in [-0.2, -0.15) is 10.2 Å². The molecule has 1 atom stereocenters. The van der Waals surface area contributed by atoms with E-state index in [9.17, 15) is 10.1 Å². The van der Waals surface area contributed by atoms with Crippen molar-refractivity contribution in [2.24, 2.45) is 0 Å². The van der Waals surface area contributed by atoms with Gasteiger partial charge in [-0.25, -0.2) is 0 Å². The van der Waals surface area contributed by atoms with E-state index in [1.165, 1.54) is 6.07 Å². The van der Waals surface area contributed by atoms with Crippen LogP contribution in [0.3, 0.4) is 0 Å². The second kappa shape index (κ2) is 7.44. The number of aromatic nitrogens is 2. The maximum absolute atomic E-state index is 10.9. The maximum Gasteiger partial charge on any atom is 0.269 e. The van der Waals surface area contributed by atoms with Gasteiger partial charge < -0.3 is 5.32 Å². The molecule has 0 radical (unpaired) electrons. The Balaban J connectivity index is 2.11. The molecular formula is C15H18N4O2. The van der Waals surface area contributed by atoms with Crippen LogP contribution in [0.1, 0.15) is 37.1 Å². The molecule has 110 valence electrons. The van der Waals surface area contributed by atoms with Gasteiger partial charge >= 0.3 is 0 Å². The third-order valence-corrected chi connectivity index (χ3v) is 3.22. The summed E-state index contributed by atoms with van der Waals surface area (Å²) in [7, 11) is 0. The minimum atomic E-state index is -0.366. The molecule has 1 aromatic heterocycles. The average molecular weight is 286 g/mol. The molecule has 21 heavy (non-hydrogen) atoms. The third kappa shape index (κ3) is 4.32. The highest BCUT2D eigenvalue weighted by Crippen LogP contribution is 2.23. The SMILES string of the molecule is CCCC(NCc1cccnn1)c1cccc([N+](=O)[O-])c1. The molecule has 1 N–H and O–H groups in total. The van der Waals surface area contributed by atoms with Gasteiger partial charge in [0.1, 0.15) is 0 Å². The Kier molecular flexibility index (Phi) is 5.34. The number of nitrogens with zero attached hydrogens (tertiary/aromatic N) is 3. The van der Waals surface area contributed by atoms with Gasteiger partial charge in [0, 0.05) is 30.9 Å². The fraction of sp³-hybridized carbons (Fsp3) is 0.333. The van der Waals surface area contributed by atoms with Crippen LogP contribution in [-0.4, -0.2) is 15.1 Å². The quantitative estimate of drug-likeness (QED) is 0.625. The predicted octanol–water partition coefficient (Wildman–Crippen LogP) is 3.02. The van der Waals surface area contributed by atoms with E-state index in [-0.39, 0.29) is 16.7 Å². The van der Waals surface area contributed by atoms with Gasteiger partial charge in [-0.3, -0.25) is 10.1 Å². The van der Waals surface area contributed by atoms with Crippen molar-refractivity contribution in [3.05, 3.63) is 64.0 Å². The largest absolute Gasteiger partial charge is 0.304 e. The van der Waals surface area contributed by atoms with Gasteiger partial charge in [0.15, 0.2) is 0 Å². The van der Waals surface area contributed by atoms with Gasteiger partial charge in [-0.1, -0.05) is 25.5 Å². The van der Waals surface area contributed by atoms with Gasteiger partial charge in [0.2, 0.25) is 0 Å². The lowest BCUT2D eigenvalue weighted by atomic mass is 10.0. The Hall–Kier alpha value is -2.34. The summed E-state index contributed by atoms with van der Waals surface area (Å²) in [6, 6.07) is 10.6. The van der Waals surface area contributed by atoms with Gasteiger partial charge in [-0.15, -0.1) is 0 Å². The first-order valence-corrected chi connectivity index (χ1v) is 6.95. The van der Waals surface area contributed by atoms with E-state index < -0.39 is 0 Å². The molecule has 0 saturated heterocycles. The van der Waals surface area contributed by atoms with E-state index in [1.807, 2.05) is 18.2 Å². The van der Waals surface area contributed by atoms with Crippen molar-refractivity contribution in [1.82, 2.24) is 15.5 Å². The fourth-order valence-corrected chi connectivity index (χ4v) is 2.19. The van der Waals surface area contributed by atoms with Gasteiger partial charge in [0.05, 0.1) is 10.6 Å². The highest BCUT2D eigenvalue weighted by atomic mass is 16.6. The smallest absolute Gasteiger partial charge is 0.269 e. The molecule has 0 bridgehead atoms. The van der Waals surface area contributed by atoms with Crippen LogP contribution in [-0.2, 0) is 6.54 Å². The van der Waals surface area contributed by atoms with E-state index in [0.29, 0.717) is 6.54 Å². The van der Waals surface area contributed by atoms with Crippen LogP contribution < -0.4 is 5.32 Å². The molecule has 2 aromatic rings. The lowest BCUT2D eigenvalue weighted by Gasteiger charge is -2.18. The summed E-state index contributed by atoms with van der Waals surface area (Å²) >= 11 is 0. The predicted molar refractivity (Wildman–Crippen MR) is 79.6 cm³/mol.